The first-order valence-corrected chi connectivity index (χ1v) is 11.0. The molecule has 1 fully saturated rings. The molecule has 3 heterocycles. The lowest BCUT2D eigenvalue weighted by molar-refractivity contribution is 0.215. The van der Waals surface area contributed by atoms with Crippen molar-refractivity contribution in [2.24, 2.45) is 0 Å². The molecule has 1 aliphatic rings. The number of anilines is 2. The number of fused-ring (bicyclic) bond motifs is 3. The topological polar surface area (TPSA) is 52.9 Å². The summed E-state index contributed by atoms with van der Waals surface area (Å²) >= 11 is 6.21. The van der Waals surface area contributed by atoms with Crippen LogP contribution in [0.3, 0.4) is 0 Å². The third-order valence-corrected chi connectivity index (χ3v) is 6.14. The van der Waals surface area contributed by atoms with Crippen LogP contribution >= 0.6 is 11.6 Å². The number of carbonyl (C=O) groups excluding carboxylic acids is 1. The molecule has 4 aromatic rings. The lowest BCUT2D eigenvalue weighted by Gasteiger charge is -2.24. The minimum atomic E-state index is -0.330. The van der Waals surface area contributed by atoms with Crippen LogP contribution in [0, 0.1) is 12.7 Å². The van der Waals surface area contributed by atoms with Crippen LogP contribution in [0.25, 0.3) is 16.6 Å². The van der Waals surface area contributed by atoms with Gasteiger partial charge in [-0.05, 0) is 61.4 Å². The molecule has 0 bridgehead atoms. The quantitative estimate of drug-likeness (QED) is 0.448. The largest absolute Gasteiger partial charge is 0.353 e. The normalized spacial score (nSPS) is 14.7. The van der Waals surface area contributed by atoms with Crippen LogP contribution in [-0.4, -0.2) is 46.5 Å². The fraction of sp³-hybridized carbons (Fsp3) is 0.250. The van der Waals surface area contributed by atoms with E-state index in [2.05, 4.69) is 20.7 Å². The molecule has 0 radical (unpaired) electrons. The number of halogens is 2. The molecule has 0 atom stereocenters. The van der Waals surface area contributed by atoms with Gasteiger partial charge in [0.15, 0.2) is 5.82 Å². The van der Waals surface area contributed by atoms with E-state index in [0.717, 1.165) is 35.3 Å². The zero-order valence-corrected chi connectivity index (χ0v) is 18.4. The number of hydrogen-bond acceptors (Lipinski definition) is 3. The summed E-state index contributed by atoms with van der Waals surface area (Å²) in [6.45, 7) is 4.29. The average molecular weight is 452 g/mol. The Bertz CT molecular complexity index is 1320. The number of aryl methyl sites for hydroxylation is 1. The van der Waals surface area contributed by atoms with Gasteiger partial charge in [-0.3, -0.25) is 0 Å². The van der Waals surface area contributed by atoms with Crippen molar-refractivity contribution in [3.05, 3.63) is 71.1 Å². The van der Waals surface area contributed by atoms with Crippen LogP contribution in [0.15, 0.2) is 54.7 Å². The van der Waals surface area contributed by atoms with Gasteiger partial charge >= 0.3 is 6.03 Å². The van der Waals surface area contributed by atoms with Crippen LogP contribution in [0.5, 0.6) is 0 Å². The minimum absolute atomic E-state index is 0.221. The van der Waals surface area contributed by atoms with Crippen molar-refractivity contribution in [2.45, 2.75) is 13.3 Å². The van der Waals surface area contributed by atoms with E-state index in [9.17, 15) is 9.18 Å². The SMILES string of the molecule is Cc1ccc(NC(=O)N2CCCN(c3nc4cc(Cl)ccc4n4cccc34)CC2)cc1F. The highest BCUT2D eigenvalue weighted by Gasteiger charge is 2.22. The Morgan fingerprint density at radius 3 is 2.78 bits per heavy atom. The molecule has 0 spiro atoms. The van der Waals surface area contributed by atoms with Gasteiger partial charge in [-0.1, -0.05) is 17.7 Å². The zero-order chi connectivity index (χ0) is 22.2. The summed E-state index contributed by atoms with van der Waals surface area (Å²) in [4.78, 5) is 21.7. The maximum absolute atomic E-state index is 13.8. The number of benzene rings is 2. The summed E-state index contributed by atoms with van der Waals surface area (Å²) in [5.74, 6) is 0.552. The van der Waals surface area contributed by atoms with Crippen LogP contribution in [-0.2, 0) is 0 Å². The number of urea groups is 1. The number of rotatable bonds is 2. The Morgan fingerprint density at radius 2 is 1.94 bits per heavy atom. The van der Waals surface area contributed by atoms with Crippen molar-refractivity contribution in [3.8, 4) is 0 Å². The molecule has 1 aliphatic heterocycles. The number of carbonyl (C=O) groups is 1. The van der Waals surface area contributed by atoms with Crippen LogP contribution in [0.1, 0.15) is 12.0 Å². The lowest BCUT2D eigenvalue weighted by atomic mass is 10.2. The minimum Gasteiger partial charge on any atom is -0.353 e. The molecule has 164 valence electrons. The summed E-state index contributed by atoms with van der Waals surface area (Å²) in [7, 11) is 0. The summed E-state index contributed by atoms with van der Waals surface area (Å²) < 4.78 is 15.9. The molecule has 1 N–H and O–H groups in total. The highest BCUT2D eigenvalue weighted by Crippen LogP contribution is 2.28. The third kappa shape index (κ3) is 3.84. The van der Waals surface area contributed by atoms with E-state index in [1.54, 1.807) is 24.0 Å². The van der Waals surface area contributed by atoms with E-state index in [-0.39, 0.29) is 11.8 Å². The first kappa shape index (κ1) is 20.6. The van der Waals surface area contributed by atoms with Gasteiger partial charge in [0.05, 0.1) is 16.6 Å². The summed E-state index contributed by atoms with van der Waals surface area (Å²) in [6.07, 6.45) is 2.83. The van der Waals surface area contributed by atoms with Crippen molar-refractivity contribution in [3.63, 3.8) is 0 Å². The lowest BCUT2D eigenvalue weighted by Crippen LogP contribution is -2.38. The van der Waals surface area contributed by atoms with E-state index < -0.39 is 0 Å². The number of hydrogen-bond donors (Lipinski definition) is 1. The first-order valence-electron chi connectivity index (χ1n) is 10.6. The molecule has 8 heteroatoms. The van der Waals surface area contributed by atoms with Gasteiger partial charge in [0, 0.05) is 43.1 Å². The van der Waals surface area contributed by atoms with Gasteiger partial charge in [0.1, 0.15) is 5.82 Å². The van der Waals surface area contributed by atoms with Crippen molar-refractivity contribution in [1.29, 1.82) is 0 Å². The molecule has 0 aliphatic carbocycles. The van der Waals surface area contributed by atoms with E-state index >= 15 is 0 Å². The molecule has 0 unspecified atom stereocenters. The average Bonchev–Trinajstić information content (AvgIpc) is 3.13. The maximum Gasteiger partial charge on any atom is 0.321 e. The van der Waals surface area contributed by atoms with E-state index in [4.69, 9.17) is 16.6 Å². The molecule has 6 nitrogen and oxygen atoms in total. The molecule has 1 saturated heterocycles. The number of amides is 2. The number of nitrogens with one attached hydrogen (secondary N) is 1. The molecule has 0 saturated carbocycles. The van der Waals surface area contributed by atoms with Gasteiger partial charge in [-0.2, -0.15) is 0 Å². The van der Waals surface area contributed by atoms with Crippen molar-refractivity contribution in [1.82, 2.24) is 14.3 Å². The van der Waals surface area contributed by atoms with E-state index in [0.29, 0.717) is 35.9 Å². The Morgan fingerprint density at radius 1 is 1.06 bits per heavy atom. The molecule has 32 heavy (non-hydrogen) atoms. The summed E-state index contributed by atoms with van der Waals surface area (Å²) in [5.41, 5.74) is 3.86. The number of nitrogens with zero attached hydrogens (tertiary/aromatic N) is 4. The predicted octanol–water partition coefficient (Wildman–Crippen LogP) is 5.33. The van der Waals surface area contributed by atoms with Gasteiger partial charge < -0.3 is 19.5 Å². The third-order valence-electron chi connectivity index (χ3n) is 5.91. The van der Waals surface area contributed by atoms with Crippen LogP contribution in [0.2, 0.25) is 5.02 Å². The second kappa shape index (κ2) is 8.31. The van der Waals surface area contributed by atoms with Crippen molar-refractivity contribution in [2.75, 3.05) is 36.4 Å². The Hall–Kier alpha value is -3.32. The zero-order valence-electron chi connectivity index (χ0n) is 17.7. The molecule has 2 aromatic heterocycles. The molecule has 2 aromatic carbocycles. The number of aromatic nitrogens is 2. The second-order valence-corrected chi connectivity index (χ2v) is 8.49. The van der Waals surface area contributed by atoms with Crippen molar-refractivity contribution < 1.29 is 9.18 Å². The maximum atomic E-state index is 13.8. The molecule has 2 amide bonds. The second-order valence-electron chi connectivity index (χ2n) is 8.05. The van der Waals surface area contributed by atoms with Crippen LogP contribution < -0.4 is 10.2 Å². The van der Waals surface area contributed by atoms with Crippen molar-refractivity contribution >= 4 is 45.7 Å². The standard InChI is InChI=1S/C24H23ClFN5O/c1-16-5-7-18(15-19(16)26)27-24(32)30-10-3-9-29(12-13-30)23-22-4-2-11-31(22)21-8-6-17(25)14-20(21)28-23/h2,4-8,11,14-15H,3,9-10,12-13H2,1H3,(H,27,32). The monoisotopic (exact) mass is 451 g/mol. The fourth-order valence-electron chi connectivity index (χ4n) is 4.17. The Kier molecular flexibility index (Phi) is 5.35. The van der Waals surface area contributed by atoms with Gasteiger partial charge in [0.25, 0.3) is 0 Å². The summed E-state index contributed by atoms with van der Waals surface area (Å²) in [6, 6.07) is 14.3. The smallest absolute Gasteiger partial charge is 0.321 e. The fourth-order valence-corrected chi connectivity index (χ4v) is 4.34. The van der Waals surface area contributed by atoms with Gasteiger partial charge in [-0.15, -0.1) is 0 Å². The first-order chi connectivity index (χ1) is 15.5. The Labute approximate surface area is 190 Å². The molecular formula is C24H23ClFN5O. The summed E-state index contributed by atoms with van der Waals surface area (Å²) in [5, 5.41) is 3.46. The highest BCUT2D eigenvalue weighted by atomic mass is 35.5. The van der Waals surface area contributed by atoms with E-state index in [1.807, 2.05) is 30.5 Å². The predicted molar refractivity (Wildman–Crippen MR) is 126 cm³/mol. The van der Waals surface area contributed by atoms with E-state index in [1.165, 1.54) is 6.07 Å². The molecule has 5 rings (SSSR count). The highest BCUT2D eigenvalue weighted by molar-refractivity contribution is 6.31. The van der Waals surface area contributed by atoms with Gasteiger partial charge in [0.2, 0.25) is 0 Å². The van der Waals surface area contributed by atoms with Gasteiger partial charge in [-0.25, -0.2) is 14.2 Å². The van der Waals surface area contributed by atoms with Crippen LogP contribution in [0.4, 0.5) is 20.7 Å². The molecular weight excluding hydrogens is 429 g/mol. The Balaban J connectivity index is 1.37.